The van der Waals surface area contributed by atoms with Gasteiger partial charge >= 0.3 is 5.97 Å². The molecule has 5 aromatic carbocycles. The maximum absolute atomic E-state index is 11.2. The average molecular weight is 362 g/mol. The summed E-state index contributed by atoms with van der Waals surface area (Å²) in [7, 11) is 0. The van der Waals surface area contributed by atoms with Crippen LogP contribution in [0.2, 0.25) is 0 Å². The minimum absolute atomic E-state index is 0.310. The lowest BCUT2D eigenvalue weighted by atomic mass is 9.90. The van der Waals surface area contributed by atoms with E-state index in [1.165, 1.54) is 44.8 Å². The molecule has 0 amide bonds. The van der Waals surface area contributed by atoms with E-state index in [9.17, 15) is 4.79 Å². The van der Waals surface area contributed by atoms with E-state index in [-0.39, 0.29) is 5.97 Å². The third-order valence-corrected chi connectivity index (χ3v) is 5.17. The fourth-order valence-electron chi connectivity index (χ4n) is 3.99. The van der Waals surface area contributed by atoms with Gasteiger partial charge in [0.25, 0.3) is 0 Å². The van der Waals surface area contributed by atoms with Crippen molar-refractivity contribution in [2.45, 2.75) is 6.92 Å². The number of benzene rings is 5. The number of hydrogen-bond acceptors (Lipinski definition) is 2. The quantitative estimate of drug-likeness (QED) is 0.150. The maximum atomic E-state index is 11.2. The monoisotopic (exact) mass is 362 g/mol. The summed E-state index contributed by atoms with van der Waals surface area (Å²) in [5, 5.41) is 7.38. The normalized spacial score (nSPS) is 11.2. The Balaban J connectivity index is 1.85. The zero-order valence-electron chi connectivity index (χ0n) is 15.5. The number of hydrogen-bond donors (Lipinski definition) is 0. The lowest BCUT2D eigenvalue weighted by Gasteiger charge is -2.14. The first kappa shape index (κ1) is 16.5. The Kier molecular flexibility index (Phi) is 3.84. The molecule has 0 unspecified atom stereocenters. The molecule has 5 aromatic rings. The predicted octanol–water partition coefficient (Wildman–Crippen LogP) is 6.74. The number of rotatable bonds is 2. The summed E-state index contributed by atoms with van der Waals surface area (Å²) in [6, 6.07) is 31.4. The van der Waals surface area contributed by atoms with Crippen LogP contribution in [0.4, 0.5) is 0 Å². The molecular weight excluding hydrogens is 344 g/mol. The van der Waals surface area contributed by atoms with Crippen molar-refractivity contribution in [3.8, 4) is 16.9 Å². The lowest BCUT2D eigenvalue weighted by molar-refractivity contribution is -0.131. The van der Waals surface area contributed by atoms with Crippen LogP contribution in [-0.4, -0.2) is 5.97 Å². The van der Waals surface area contributed by atoms with Gasteiger partial charge in [-0.05, 0) is 61.6 Å². The van der Waals surface area contributed by atoms with Crippen molar-refractivity contribution >= 4 is 38.3 Å². The number of esters is 1. The van der Waals surface area contributed by atoms with E-state index < -0.39 is 0 Å². The molecule has 0 saturated carbocycles. The van der Waals surface area contributed by atoms with Gasteiger partial charge in [-0.15, -0.1) is 0 Å². The van der Waals surface area contributed by atoms with Gasteiger partial charge in [-0.1, -0.05) is 72.8 Å². The molecule has 0 aliphatic carbocycles. The van der Waals surface area contributed by atoms with Crippen LogP contribution < -0.4 is 4.74 Å². The van der Waals surface area contributed by atoms with Gasteiger partial charge in [-0.2, -0.15) is 0 Å². The van der Waals surface area contributed by atoms with Gasteiger partial charge in [0.05, 0.1) is 0 Å². The molecule has 0 aliphatic heterocycles. The molecule has 2 heteroatoms. The molecule has 2 nitrogen and oxygen atoms in total. The van der Waals surface area contributed by atoms with Crippen LogP contribution in [0.25, 0.3) is 43.4 Å². The summed E-state index contributed by atoms with van der Waals surface area (Å²) >= 11 is 0. The van der Waals surface area contributed by atoms with Crippen molar-refractivity contribution in [3.63, 3.8) is 0 Å². The highest BCUT2D eigenvalue weighted by atomic mass is 16.5. The van der Waals surface area contributed by atoms with Gasteiger partial charge in [0.1, 0.15) is 5.75 Å². The Morgan fingerprint density at radius 1 is 0.643 bits per heavy atom. The third-order valence-electron chi connectivity index (χ3n) is 5.17. The molecular formula is C26H18O2. The van der Waals surface area contributed by atoms with E-state index in [4.69, 9.17) is 4.74 Å². The van der Waals surface area contributed by atoms with Gasteiger partial charge in [0, 0.05) is 6.92 Å². The van der Waals surface area contributed by atoms with Gasteiger partial charge < -0.3 is 4.74 Å². The summed E-state index contributed by atoms with van der Waals surface area (Å²) in [6.07, 6.45) is 0. The molecule has 0 bridgehead atoms. The second-order valence-corrected chi connectivity index (χ2v) is 6.97. The van der Waals surface area contributed by atoms with Crippen molar-refractivity contribution in [3.05, 3.63) is 91.0 Å². The predicted molar refractivity (Wildman–Crippen MR) is 116 cm³/mol. The molecule has 0 N–H and O–H groups in total. The van der Waals surface area contributed by atoms with E-state index in [0.29, 0.717) is 5.75 Å². The summed E-state index contributed by atoms with van der Waals surface area (Å²) in [4.78, 5) is 11.2. The highest BCUT2D eigenvalue weighted by molar-refractivity contribution is 6.20. The van der Waals surface area contributed by atoms with Crippen molar-refractivity contribution in [2.75, 3.05) is 0 Å². The molecule has 28 heavy (non-hydrogen) atoms. The molecule has 0 atom stereocenters. The van der Waals surface area contributed by atoms with Crippen LogP contribution >= 0.6 is 0 Å². The molecule has 134 valence electrons. The van der Waals surface area contributed by atoms with Crippen molar-refractivity contribution in [2.24, 2.45) is 0 Å². The number of ether oxygens (including phenoxy) is 1. The Hall–Kier alpha value is -3.65. The highest BCUT2D eigenvalue weighted by Gasteiger charge is 2.12. The molecule has 0 radical (unpaired) electrons. The van der Waals surface area contributed by atoms with E-state index in [2.05, 4.69) is 66.7 Å². The first-order valence-electron chi connectivity index (χ1n) is 9.33. The second kappa shape index (κ2) is 6.50. The molecule has 0 aromatic heterocycles. The number of carbonyl (C=O) groups excluding carboxylic acids is 1. The zero-order chi connectivity index (χ0) is 19.1. The highest BCUT2D eigenvalue weighted by Crippen LogP contribution is 2.39. The fourth-order valence-corrected chi connectivity index (χ4v) is 3.99. The van der Waals surface area contributed by atoms with Gasteiger partial charge in [0.2, 0.25) is 0 Å². The minimum atomic E-state index is -0.310. The van der Waals surface area contributed by atoms with Gasteiger partial charge in [-0.25, -0.2) is 0 Å². The Labute approximate surface area is 163 Å². The van der Waals surface area contributed by atoms with Crippen LogP contribution in [0.5, 0.6) is 5.75 Å². The number of fused-ring (bicyclic) bond motifs is 4. The van der Waals surface area contributed by atoms with Crippen LogP contribution in [0, 0.1) is 0 Å². The summed E-state index contributed by atoms with van der Waals surface area (Å²) < 4.78 is 5.20. The van der Waals surface area contributed by atoms with Gasteiger partial charge in [-0.3, -0.25) is 4.79 Å². The summed E-state index contributed by atoms with van der Waals surface area (Å²) in [5.74, 6) is 0.251. The maximum Gasteiger partial charge on any atom is 0.308 e. The number of carbonyl (C=O) groups is 1. The van der Waals surface area contributed by atoms with Crippen molar-refractivity contribution < 1.29 is 9.53 Å². The van der Waals surface area contributed by atoms with Crippen LogP contribution in [0.3, 0.4) is 0 Å². The Morgan fingerprint density at radius 2 is 1.32 bits per heavy atom. The first-order valence-corrected chi connectivity index (χ1v) is 9.33. The van der Waals surface area contributed by atoms with Gasteiger partial charge in [0.15, 0.2) is 0 Å². The van der Waals surface area contributed by atoms with Crippen molar-refractivity contribution in [1.82, 2.24) is 0 Å². The molecule has 0 aliphatic rings. The lowest BCUT2D eigenvalue weighted by Crippen LogP contribution is -2.00. The SMILES string of the molecule is CC(=O)Oc1ccc(-c2c3ccccc3cc3c2ccc2ccccc23)cc1. The Morgan fingerprint density at radius 3 is 2.07 bits per heavy atom. The standard InChI is InChI=1S/C26H18O2/c1-17(27)28-21-13-10-19(11-14-21)26-23-9-5-3-7-20(23)16-25-22-8-4-2-6-18(22)12-15-24(25)26/h2-16H,1H3. The average Bonchev–Trinajstić information content (AvgIpc) is 2.72. The molecule has 0 spiro atoms. The van der Waals surface area contributed by atoms with Crippen LogP contribution in [0.1, 0.15) is 6.92 Å². The topological polar surface area (TPSA) is 26.3 Å². The van der Waals surface area contributed by atoms with Crippen LogP contribution in [0.15, 0.2) is 91.0 Å². The van der Waals surface area contributed by atoms with Crippen molar-refractivity contribution in [1.29, 1.82) is 0 Å². The second-order valence-electron chi connectivity index (χ2n) is 6.97. The molecule has 5 rings (SSSR count). The largest absolute Gasteiger partial charge is 0.427 e. The third kappa shape index (κ3) is 2.71. The fraction of sp³-hybridized carbons (Fsp3) is 0.0385. The first-order chi connectivity index (χ1) is 13.7. The Bertz CT molecular complexity index is 1350. The summed E-state index contributed by atoms with van der Waals surface area (Å²) in [6.45, 7) is 1.41. The van der Waals surface area contributed by atoms with E-state index in [1.54, 1.807) is 0 Å². The zero-order valence-corrected chi connectivity index (χ0v) is 15.5. The summed E-state index contributed by atoms with van der Waals surface area (Å²) in [5.41, 5.74) is 2.31. The molecule has 0 fully saturated rings. The smallest absolute Gasteiger partial charge is 0.308 e. The molecule has 0 heterocycles. The minimum Gasteiger partial charge on any atom is -0.427 e. The van der Waals surface area contributed by atoms with E-state index >= 15 is 0 Å². The van der Waals surface area contributed by atoms with E-state index in [1.807, 2.05) is 24.3 Å². The molecule has 0 saturated heterocycles. The van der Waals surface area contributed by atoms with E-state index in [0.717, 1.165) is 5.56 Å². The van der Waals surface area contributed by atoms with Crippen LogP contribution in [-0.2, 0) is 4.79 Å².